The third kappa shape index (κ3) is 2.62. The standard InChI is InChI=1S/C16H19FN4O/c1-10(20-15(22)16(18)7-8-16)14-9-19-21(11(14)2)13-5-3-12(17)4-6-13/h3-6,9-10H,7-8,18H2,1-2H3,(H,20,22). The first kappa shape index (κ1) is 14.7. The van der Waals surface area contributed by atoms with Crippen LogP contribution in [0.1, 0.15) is 37.1 Å². The van der Waals surface area contributed by atoms with Crippen LogP contribution >= 0.6 is 0 Å². The Morgan fingerprint density at radius 2 is 2.05 bits per heavy atom. The quantitative estimate of drug-likeness (QED) is 0.907. The second-order valence-corrected chi connectivity index (χ2v) is 5.92. The summed E-state index contributed by atoms with van der Waals surface area (Å²) in [7, 11) is 0. The molecule has 22 heavy (non-hydrogen) atoms. The Bertz CT molecular complexity index is 703. The van der Waals surface area contributed by atoms with E-state index in [0.717, 1.165) is 29.8 Å². The van der Waals surface area contributed by atoms with Gasteiger partial charge in [0.15, 0.2) is 0 Å². The van der Waals surface area contributed by atoms with E-state index in [4.69, 9.17) is 5.73 Å². The highest BCUT2D eigenvalue weighted by molar-refractivity contribution is 5.89. The number of nitrogens with two attached hydrogens (primary N) is 1. The summed E-state index contributed by atoms with van der Waals surface area (Å²) in [5.41, 5.74) is 7.81. The second-order valence-electron chi connectivity index (χ2n) is 5.92. The van der Waals surface area contributed by atoms with Crippen LogP contribution < -0.4 is 11.1 Å². The molecule has 1 aromatic heterocycles. The lowest BCUT2D eigenvalue weighted by atomic mass is 10.1. The summed E-state index contributed by atoms with van der Waals surface area (Å²) in [5, 5.41) is 7.27. The van der Waals surface area contributed by atoms with E-state index in [-0.39, 0.29) is 17.8 Å². The van der Waals surface area contributed by atoms with E-state index in [2.05, 4.69) is 10.4 Å². The topological polar surface area (TPSA) is 72.9 Å². The summed E-state index contributed by atoms with van der Waals surface area (Å²) in [4.78, 5) is 12.0. The molecule has 1 amide bonds. The third-order valence-corrected chi connectivity index (χ3v) is 4.17. The van der Waals surface area contributed by atoms with Crippen molar-refractivity contribution in [2.45, 2.75) is 38.3 Å². The van der Waals surface area contributed by atoms with E-state index in [9.17, 15) is 9.18 Å². The third-order valence-electron chi connectivity index (χ3n) is 4.17. The van der Waals surface area contributed by atoms with Crippen LogP contribution in [0.5, 0.6) is 0 Å². The van der Waals surface area contributed by atoms with Crippen LogP contribution in [-0.2, 0) is 4.79 Å². The number of rotatable bonds is 4. The Morgan fingerprint density at radius 1 is 1.41 bits per heavy atom. The van der Waals surface area contributed by atoms with E-state index < -0.39 is 5.54 Å². The Hall–Kier alpha value is -2.21. The Morgan fingerprint density at radius 3 is 2.64 bits per heavy atom. The molecule has 1 aliphatic rings. The van der Waals surface area contributed by atoms with Crippen molar-refractivity contribution in [3.8, 4) is 5.69 Å². The smallest absolute Gasteiger partial charge is 0.240 e. The molecule has 0 aliphatic heterocycles. The van der Waals surface area contributed by atoms with E-state index in [1.165, 1.54) is 12.1 Å². The molecule has 0 spiro atoms. The number of carbonyl (C=O) groups is 1. The molecule has 0 radical (unpaired) electrons. The van der Waals surface area contributed by atoms with Crippen molar-refractivity contribution in [1.82, 2.24) is 15.1 Å². The molecule has 1 atom stereocenters. The number of hydrogen-bond acceptors (Lipinski definition) is 3. The van der Waals surface area contributed by atoms with Crippen molar-refractivity contribution in [3.63, 3.8) is 0 Å². The summed E-state index contributed by atoms with van der Waals surface area (Å²) >= 11 is 0. The van der Waals surface area contributed by atoms with Gasteiger partial charge in [0.1, 0.15) is 5.82 Å². The molecule has 116 valence electrons. The van der Waals surface area contributed by atoms with Crippen molar-refractivity contribution >= 4 is 5.91 Å². The Balaban J connectivity index is 1.80. The van der Waals surface area contributed by atoms with Gasteiger partial charge in [0.2, 0.25) is 5.91 Å². The minimum absolute atomic E-state index is 0.117. The molecular weight excluding hydrogens is 283 g/mol. The molecule has 5 nitrogen and oxygen atoms in total. The van der Waals surface area contributed by atoms with Crippen LogP contribution in [0.3, 0.4) is 0 Å². The van der Waals surface area contributed by atoms with Crippen LogP contribution in [0.15, 0.2) is 30.5 Å². The highest BCUT2D eigenvalue weighted by atomic mass is 19.1. The van der Waals surface area contributed by atoms with Crippen LogP contribution in [0.4, 0.5) is 4.39 Å². The van der Waals surface area contributed by atoms with E-state index in [0.29, 0.717) is 0 Å². The average molecular weight is 302 g/mol. The fourth-order valence-corrected chi connectivity index (χ4v) is 2.47. The summed E-state index contributed by atoms with van der Waals surface area (Å²) < 4.78 is 14.7. The molecule has 1 fully saturated rings. The molecule has 6 heteroatoms. The number of benzene rings is 1. The molecule has 0 saturated heterocycles. The van der Waals surface area contributed by atoms with Crippen LogP contribution in [0, 0.1) is 12.7 Å². The summed E-state index contributed by atoms with van der Waals surface area (Å²) in [6.07, 6.45) is 3.19. The fraction of sp³-hybridized carbons (Fsp3) is 0.375. The lowest BCUT2D eigenvalue weighted by Gasteiger charge is -2.17. The minimum Gasteiger partial charge on any atom is -0.348 e. The molecule has 0 bridgehead atoms. The van der Waals surface area contributed by atoms with Gasteiger partial charge in [-0.3, -0.25) is 4.79 Å². The Labute approximate surface area is 128 Å². The minimum atomic E-state index is -0.685. The number of carbonyl (C=O) groups excluding carboxylic acids is 1. The predicted molar refractivity (Wildman–Crippen MR) is 81.0 cm³/mol. The predicted octanol–water partition coefficient (Wildman–Crippen LogP) is 1.99. The molecule has 1 unspecified atom stereocenters. The lowest BCUT2D eigenvalue weighted by Crippen LogP contribution is -2.43. The number of nitrogens with zero attached hydrogens (tertiary/aromatic N) is 2. The van der Waals surface area contributed by atoms with E-state index in [1.54, 1.807) is 23.0 Å². The van der Waals surface area contributed by atoms with Gasteiger partial charge < -0.3 is 11.1 Å². The zero-order chi connectivity index (χ0) is 15.9. The number of nitrogens with one attached hydrogen (secondary N) is 1. The second kappa shape index (κ2) is 5.21. The largest absolute Gasteiger partial charge is 0.348 e. The van der Waals surface area contributed by atoms with Crippen LogP contribution in [-0.4, -0.2) is 21.2 Å². The van der Waals surface area contributed by atoms with Crippen LogP contribution in [0.25, 0.3) is 5.69 Å². The number of halogens is 1. The van der Waals surface area contributed by atoms with Gasteiger partial charge in [-0.2, -0.15) is 5.10 Å². The monoisotopic (exact) mass is 302 g/mol. The Kier molecular flexibility index (Phi) is 3.48. The van der Waals surface area contributed by atoms with Crippen molar-refractivity contribution in [2.75, 3.05) is 0 Å². The number of aromatic nitrogens is 2. The van der Waals surface area contributed by atoms with Crippen molar-refractivity contribution in [2.24, 2.45) is 5.73 Å². The fourth-order valence-electron chi connectivity index (χ4n) is 2.47. The molecule has 3 rings (SSSR count). The molecule has 1 aliphatic carbocycles. The van der Waals surface area contributed by atoms with Crippen molar-refractivity contribution in [1.29, 1.82) is 0 Å². The van der Waals surface area contributed by atoms with Gasteiger partial charge in [-0.25, -0.2) is 9.07 Å². The van der Waals surface area contributed by atoms with Crippen molar-refractivity contribution < 1.29 is 9.18 Å². The normalized spacial score (nSPS) is 17.1. The number of amides is 1. The van der Waals surface area contributed by atoms with Crippen LogP contribution in [0.2, 0.25) is 0 Å². The van der Waals surface area contributed by atoms with Gasteiger partial charge in [-0.05, 0) is 51.0 Å². The maximum Gasteiger partial charge on any atom is 0.240 e. The van der Waals surface area contributed by atoms with Gasteiger partial charge in [0.05, 0.1) is 23.5 Å². The molecule has 1 aromatic carbocycles. The summed E-state index contributed by atoms with van der Waals surface area (Å²) in [5.74, 6) is -0.402. The van der Waals surface area contributed by atoms with E-state index in [1.807, 2.05) is 13.8 Å². The first-order valence-electron chi connectivity index (χ1n) is 7.31. The van der Waals surface area contributed by atoms with Gasteiger partial charge in [0.25, 0.3) is 0 Å². The molecular formula is C16H19FN4O. The summed E-state index contributed by atoms with van der Waals surface area (Å²) in [6, 6.07) is 5.95. The first-order valence-corrected chi connectivity index (χ1v) is 7.31. The van der Waals surface area contributed by atoms with Gasteiger partial charge in [-0.1, -0.05) is 0 Å². The molecule has 2 aromatic rings. The molecule has 1 heterocycles. The number of hydrogen-bond donors (Lipinski definition) is 2. The zero-order valence-electron chi connectivity index (χ0n) is 12.6. The van der Waals surface area contributed by atoms with E-state index >= 15 is 0 Å². The highest BCUT2D eigenvalue weighted by Gasteiger charge is 2.46. The maximum absolute atomic E-state index is 13.0. The highest BCUT2D eigenvalue weighted by Crippen LogP contribution is 2.33. The molecule has 3 N–H and O–H groups in total. The lowest BCUT2D eigenvalue weighted by molar-refractivity contribution is -0.123. The first-order chi connectivity index (χ1) is 10.4. The van der Waals surface area contributed by atoms with Gasteiger partial charge >= 0.3 is 0 Å². The van der Waals surface area contributed by atoms with Gasteiger partial charge in [0, 0.05) is 11.3 Å². The zero-order valence-corrected chi connectivity index (χ0v) is 12.6. The molecule has 1 saturated carbocycles. The summed E-state index contributed by atoms with van der Waals surface area (Å²) in [6.45, 7) is 3.83. The maximum atomic E-state index is 13.0. The van der Waals surface area contributed by atoms with Gasteiger partial charge in [-0.15, -0.1) is 0 Å². The SMILES string of the molecule is Cc1c(C(C)NC(=O)C2(N)CC2)cnn1-c1ccc(F)cc1. The average Bonchev–Trinajstić information content (AvgIpc) is 3.12. The van der Waals surface area contributed by atoms with Crippen molar-refractivity contribution in [3.05, 3.63) is 47.5 Å².